The van der Waals surface area contributed by atoms with Gasteiger partial charge in [0.05, 0.1) is 6.54 Å². The minimum absolute atomic E-state index is 0.0263. The Hall–Kier alpha value is -1.41. The zero-order valence-electron chi connectivity index (χ0n) is 9.07. The van der Waals surface area contributed by atoms with E-state index >= 15 is 0 Å². The van der Waals surface area contributed by atoms with Gasteiger partial charge in [0.1, 0.15) is 0 Å². The SMILES string of the molecule is CCNC(=O)CN(C)C(=O)C(F)(F)C(F)(F)F. The number of alkyl halides is 5. The summed E-state index contributed by atoms with van der Waals surface area (Å²) in [7, 11) is 0.692. The summed E-state index contributed by atoms with van der Waals surface area (Å²) in [6.45, 7) is 0.846. The Labute approximate surface area is 93.8 Å². The van der Waals surface area contributed by atoms with Crippen LogP contribution in [0.3, 0.4) is 0 Å². The summed E-state index contributed by atoms with van der Waals surface area (Å²) in [6, 6.07) is 0. The molecule has 0 bridgehead atoms. The van der Waals surface area contributed by atoms with Gasteiger partial charge < -0.3 is 10.2 Å². The van der Waals surface area contributed by atoms with Gasteiger partial charge in [-0.25, -0.2) is 0 Å². The maximum absolute atomic E-state index is 12.6. The minimum atomic E-state index is -5.97. The fourth-order valence-corrected chi connectivity index (χ4v) is 0.901. The van der Waals surface area contributed by atoms with Gasteiger partial charge in [0, 0.05) is 13.6 Å². The molecule has 0 aromatic heterocycles. The number of rotatable bonds is 4. The first-order valence-electron chi connectivity index (χ1n) is 4.50. The van der Waals surface area contributed by atoms with Crippen LogP contribution in [0.4, 0.5) is 22.0 Å². The van der Waals surface area contributed by atoms with Crippen LogP contribution in [-0.4, -0.2) is 49.0 Å². The first-order chi connectivity index (χ1) is 7.54. The van der Waals surface area contributed by atoms with Crippen LogP contribution in [0.25, 0.3) is 0 Å². The lowest BCUT2D eigenvalue weighted by atomic mass is 10.3. The number of hydrogen-bond acceptors (Lipinski definition) is 2. The molecule has 2 amide bonds. The lowest BCUT2D eigenvalue weighted by molar-refractivity contribution is -0.273. The Morgan fingerprint density at radius 2 is 1.65 bits per heavy atom. The topological polar surface area (TPSA) is 49.4 Å². The van der Waals surface area contributed by atoms with Crippen molar-refractivity contribution in [2.45, 2.75) is 19.0 Å². The number of nitrogens with zero attached hydrogens (tertiary/aromatic N) is 1. The second kappa shape index (κ2) is 5.28. The molecule has 0 aromatic rings. The van der Waals surface area contributed by atoms with E-state index in [1.54, 1.807) is 0 Å². The largest absolute Gasteiger partial charge is 0.463 e. The van der Waals surface area contributed by atoms with Crippen molar-refractivity contribution in [2.75, 3.05) is 20.1 Å². The van der Waals surface area contributed by atoms with E-state index in [-0.39, 0.29) is 11.4 Å². The summed E-state index contributed by atoms with van der Waals surface area (Å²) in [5.41, 5.74) is 0. The van der Waals surface area contributed by atoms with Gasteiger partial charge in [0.25, 0.3) is 0 Å². The minimum Gasteiger partial charge on any atom is -0.355 e. The Kier molecular flexibility index (Phi) is 4.84. The summed E-state index contributed by atoms with van der Waals surface area (Å²) in [6.07, 6.45) is -5.97. The van der Waals surface area contributed by atoms with Gasteiger partial charge in [-0.1, -0.05) is 0 Å². The third-order valence-electron chi connectivity index (χ3n) is 1.73. The lowest BCUT2D eigenvalue weighted by Crippen LogP contribution is -2.52. The van der Waals surface area contributed by atoms with E-state index in [4.69, 9.17) is 0 Å². The highest BCUT2D eigenvalue weighted by atomic mass is 19.4. The molecule has 100 valence electrons. The van der Waals surface area contributed by atoms with Crippen molar-refractivity contribution in [1.29, 1.82) is 0 Å². The highest BCUT2D eigenvalue weighted by molar-refractivity contribution is 5.88. The number of carbonyl (C=O) groups is 2. The van der Waals surface area contributed by atoms with Crippen LogP contribution in [0.15, 0.2) is 0 Å². The molecule has 0 aliphatic heterocycles. The van der Waals surface area contributed by atoms with E-state index in [0.717, 1.165) is 0 Å². The number of amides is 2. The molecule has 0 radical (unpaired) electrons. The van der Waals surface area contributed by atoms with Crippen molar-refractivity contribution in [1.82, 2.24) is 10.2 Å². The van der Waals surface area contributed by atoms with Crippen LogP contribution >= 0.6 is 0 Å². The molecule has 17 heavy (non-hydrogen) atoms. The van der Waals surface area contributed by atoms with Gasteiger partial charge in [0.15, 0.2) is 0 Å². The maximum atomic E-state index is 12.6. The highest BCUT2D eigenvalue weighted by Gasteiger charge is 2.64. The molecule has 0 spiro atoms. The average Bonchev–Trinajstić information content (AvgIpc) is 2.14. The maximum Gasteiger partial charge on any atom is 0.463 e. The fraction of sp³-hybridized carbons (Fsp3) is 0.750. The van der Waals surface area contributed by atoms with Crippen molar-refractivity contribution < 1.29 is 31.5 Å². The monoisotopic (exact) mass is 262 g/mol. The van der Waals surface area contributed by atoms with Crippen LogP contribution in [0.2, 0.25) is 0 Å². The molecule has 0 rings (SSSR count). The van der Waals surface area contributed by atoms with Crippen LogP contribution in [0.5, 0.6) is 0 Å². The van der Waals surface area contributed by atoms with Crippen LogP contribution < -0.4 is 5.32 Å². The third kappa shape index (κ3) is 3.82. The predicted molar refractivity (Wildman–Crippen MR) is 47.3 cm³/mol. The van der Waals surface area contributed by atoms with E-state index in [9.17, 15) is 31.5 Å². The Balaban J connectivity index is 4.66. The molecule has 0 aliphatic rings. The summed E-state index contributed by atoms with van der Waals surface area (Å²) in [5, 5.41) is 2.16. The molecule has 0 fully saturated rings. The first-order valence-corrected chi connectivity index (χ1v) is 4.50. The number of carbonyl (C=O) groups excluding carboxylic acids is 2. The quantitative estimate of drug-likeness (QED) is 0.761. The molecule has 0 aliphatic carbocycles. The Bertz CT molecular complexity index is 303. The van der Waals surface area contributed by atoms with Crippen molar-refractivity contribution in [3.63, 3.8) is 0 Å². The fourth-order valence-electron chi connectivity index (χ4n) is 0.901. The predicted octanol–water partition coefficient (Wildman–Crippen LogP) is 0.778. The molecule has 0 saturated heterocycles. The molecule has 0 unspecified atom stereocenters. The molecule has 4 nitrogen and oxygen atoms in total. The Morgan fingerprint density at radius 3 is 2.00 bits per heavy atom. The summed E-state index contributed by atoms with van der Waals surface area (Å²) < 4.78 is 60.6. The van der Waals surface area contributed by atoms with Crippen LogP contribution in [-0.2, 0) is 9.59 Å². The third-order valence-corrected chi connectivity index (χ3v) is 1.73. The van der Waals surface area contributed by atoms with Gasteiger partial charge in [-0.3, -0.25) is 9.59 Å². The molecule has 9 heteroatoms. The van der Waals surface area contributed by atoms with Crippen LogP contribution in [0, 0.1) is 0 Å². The molecule has 0 heterocycles. The van der Waals surface area contributed by atoms with Crippen LogP contribution in [0.1, 0.15) is 6.92 Å². The molecule has 0 saturated carbocycles. The van der Waals surface area contributed by atoms with E-state index in [1.807, 2.05) is 0 Å². The Morgan fingerprint density at radius 1 is 1.18 bits per heavy atom. The standard InChI is InChI=1S/C8H11F5N2O2/c1-3-14-5(16)4-15(2)6(17)7(9,10)8(11,12)13/h3-4H2,1-2H3,(H,14,16). The van der Waals surface area contributed by atoms with Gasteiger partial charge in [0.2, 0.25) is 5.91 Å². The van der Waals surface area contributed by atoms with Crippen molar-refractivity contribution in [2.24, 2.45) is 0 Å². The smallest absolute Gasteiger partial charge is 0.355 e. The van der Waals surface area contributed by atoms with E-state index in [0.29, 0.717) is 7.05 Å². The zero-order valence-corrected chi connectivity index (χ0v) is 9.07. The van der Waals surface area contributed by atoms with Gasteiger partial charge >= 0.3 is 18.0 Å². The highest BCUT2D eigenvalue weighted by Crippen LogP contribution is 2.36. The lowest BCUT2D eigenvalue weighted by Gasteiger charge is -2.24. The van der Waals surface area contributed by atoms with E-state index in [2.05, 4.69) is 5.32 Å². The average molecular weight is 262 g/mol. The zero-order chi connectivity index (χ0) is 13.9. The summed E-state index contributed by atoms with van der Waals surface area (Å²) in [4.78, 5) is 21.8. The molecule has 1 N–H and O–H groups in total. The van der Waals surface area contributed by atoms with Crippen molar-refractivity contribution in [3.05, 3.63) is 0 Å². The second-order valence-electron chi connectivity index (χ2n) is 3.19. The number of halogens is 5. The van der Waals surface area contributed by atoms with Gasteiger partial charge in [-0.2, -0.15) is 22.0 Å². The molecular weight excluding hydrogens is 251 g/mol. The summed E-state index contributed by atoms with van der Waals surface area (Å²) >= 11 is 0. The second-order valence-corrected chi connectivity index (χ2v) is 3.19. The molecule has 0 atom stereocenters. The normalized spacial score (nSPS) is 12.2. The van der Waals surface area contributed by atoms with E-state index < -0.39 is 30.5 Å². The van der Waals surface area contributed by atoms with Gasteiger partial charge in [-0.05, 0) is 6.92 Å². The van der Waals surface area contributed by atoms with E-state index in [1.165, 1.54) is 6.92 Å². The van der Waals surface area contributed by atoms with Crippen molar-refractivity contribution >= 4 is 11.8 Å². The molecule has 0 aromatic carbocycles. The first kappa shape index (κ1) is 15.6. The molecular formula is C8H11F5N2O2. The number of nitrogens with one attached hydrogen (secondary N) is 1. The number of hydrogen-bond donors (Lipinski definition) is 1. The summed E-state index contributed by atoms with van der Waals surface area (Å²) in [5.74, 6) is -8.77. The van der Waals surface area contributed by atoms with Gasteiger partial charge in [-0.15, -0.1) is 0 Å². The number of likely N-dealkylation sites (N-methyl/N-ethyl adjacent to an activating group) is 2. The van der Waals surface area contributed by atoms with Crippen molar-refractivity contribution in [3.8, 4) is 0 Å².